The fraction of sp³-hybridized carbons (Fsp3) is 0.357. The van der Waals surface area contributed by atoms with Gasteiger partial charge in [0.2, 0.25) is 0 Å². The zero-order chi connectivity index (χ0) is 11.5. The lowest BCUT2D eigenvalue weighted by atomic mass is 9.97. The van der Waals surface area contributed by atoms with E-state index in [9.17, 15) is 0 Å². The number of rotatable bonds is 2. The van der Waals surface area contributed by atoms with Crippen LogP contribution in [0.25, 0.3) is 11.4 Å². The predicted molar refractivity (Wildman–Crippen MR) is 68.6 cm³/mol. The standard InChI is InChI=1S/C14H17N3/c1-2-8-15-13(3-1)11-4-6-12(7-5-11)14-16-9-10-17-14/h4-7,9-10,13,15H,1-3,8H2,(H,16,17). The molecule has 1 aliphatic heterocycles. The van der Waals surface area contributed by atoms with Crippen molar-refractivity contribution in [1.82, 2.24) is 15.3 Å². The minimum atomic E-state index is 0.536. The molecule has 88 valence electrons. The second-order valence-electron chi connectivity index (χ2n) is 4.56. The van der Waals surface area contributed by atoms with E-state index < -0.39 is 0 Å². The van der Waals surface area contributed by atoms with Crippen LogP contribution in [0.4, 0.5) is 0 Å². The Bertz CT molecular complexity index is 453. The number of hydrogen-bond donors (Lipinski definition) is 2. The van der Waals surface area contributed by atoms with Crippen LogP contribution >= 0.6 is 0 Å². The highest BCUT2D eigenvalue weighted by Crippen LogP contribution is 2.24. The van der Waals surface area contributed by atoms with E-state index in [1.807, 2.05) is 6.20 Å². The second kappa shape index (κ2) is 4.72. The quantitative estimate of drug-likeness (QED) is 0.828. The molecule has 2 N–H and O–H groups in total. The summed E-state index contributed by atoms with van der Waals surface area (Å²) in [5.74, 6) is 0.938. The first-order valence-electron chi connectivity index (χ1n) is 6.26. The maximum Gasteiger partial charge on any atom is 0.137 e. The summed E-state index contributed by atoms with van der Waals surface area (Å²) < 4.78 is 0. The third kappa shape index (κ3) is 2.24. The van der Waals surface area contributed by atoms with Gasteiger partial charge < -0.3 is 10.3 Å². The fourth-order valence-electron chi connectivity index (χ4n) is 2.43. The van der Waals surface area contributed by atoms with Crippen LogP contribution < -0.4 is 5.32 Å². The molecule has 1 aromatic carbocycles. The summed E-state index contributed by atoms with van der Waals surface area (Å²) in [7, 11) is 0. The summed E-state index contributed by atoms with van der Waals surface area (Å²) in [6.45, 7) is 1.14. The molecular formula is C14H17N3. The highest BCUT2D eigenvalue weighted by Gasteiger charge is 2.14. The molecule has 17 heavy (non-hydrogen) atoms. The second-order valence-corrected chi connectivity index (χ2v) is 4.56. The van der Waals surface area contributed by atoms with Gasteiger partial charge in [-0.15, -0.1) is 0 Å². The molecule has 0 bridgehead atoms. The zero-order valence-corrected chi connectivity index (χ0v) is 9.82. The lowest BCUT2D eigenvalue weighted by molar-refractivity contribution is 0.412. The molecule has 1 unspecified atom stereocenters. The topological polar surface area (TPSA) is 40.7 Å². The first-order chi connectivity index (χ1) is 8.43. The molecule has 1 saturated heterocycles. The van der Waals surface area contributed by atoms with Crippen LogP contribution in [0.2, 0.25) is 0 Å². The van der Waals surface area contributed by atoms with Crippen LogP contribution in [0.3, 0.4) is 0 Å². The van der Waals surface area contributed by atoms with E-state index in [1.165, 1.54) is 24.8 Å². The maximum atomic E-state index is 4.26. The van der Waals surface area contributed by atoms with Crippen molar-refractivity contribution in [3.8, 4) is 11.4 Å². The van der Waals surface area contributed by atoms with Crippen LogP contribution in [-0.4, -0.2) is 16.5 Å². The Morgan fingerprint density at radius 1 is 1.12 bits per heavy atom. The molecule has 2 aromatic rings. The average Bonchev–Trinajstić information content (AvgIpc) is 2.94. The van der Waals surface area contributed by atoms with E-state index in [2.05, 4.69) is 39.6 Å². The number of aromatic amines is 1. The minimum Gasteiger partial charge on any atom is -0.345 e. The van der Waals surface area contributed by atoms with E-state index in [-0.39, 0.29) is 0 Å². The average molecular weight is 227 g/mol. The van der Waals surface area contributed by atoms with Crippen LogP contribution in [0.15, 0.2) is 36.7 Å². The van der Waals surface area contributed by atoms with Crippen molar-refractivity contribution in [3.05, 3.63) is 42.2 Å². The summed E-state index contributed by atoms with van der Waals surface area (Å²) in [4.78, 5) is 7.38. The van der Waals surface area contributed by atoms with Crippen molar-refractivity contribution in [2.45, 2.75) is 25.3 Å². The summed E-state index contributed by atoms with van der Waals surface area (Å²) in [5.41, 5.74) is 2.54. The molecule has 3 heteroatoms. The Labute approximate surface area is 101 Å². The molecule has 2 heterocycles. The Balaban J connectivity index is 1.80. The number of piperidine rings is 1. The van der Waals surface area contributed by atoms with E-state index in [4.69, 9.17) is 0 Å². The molecule has 0 radical (unpaired) electrons. The molecule has 0 aliphatic carbocycles. The van der Waals surface area contributed by atoms with Crippen LogP contribution in [-0.2, 0) is 0 Å². The van der Waals surface area contributed by atoms with E-state index >= 15 is 0 Å². The van der Waals surface area contributed by atoms with Gasteiger partial charge in [0, 0.05) is 24.0 Å². The lowest BCUT2D eigenvalue weighted by Gasteiger charge is -2.23. The normalized spacial score (nSPS) is 20.4. The fourth-order valence-corrected chi connectivity index (χ4v) is 2.43. The van der Waals surface area contributed by atoms with E-state index in [0.717, 1.165) is 17.9 Å². The van der Waals surface area contributed by atoms with Gasteiger partial charge >= 0.3 is 0 Å². The van der Waals surface area contributed by atoms with Crippen molar-refractivity contribution < 1.29 is 0 Å². The third-order valence-corrected chi connectivity index (χ3v) is 3.40. The van der Waals surface area contributed by atoms with Crippen molar-refractivity contribution in [3.63, 3.8) is 0 Å². The van der Waals surface area contributed by atoms with Gasteiger partial charge in [-0.1, -0.05) is 30.7 Å². The maximum absolute atomic E-state index is 4.26. The molecule has 3 nitrogen and oxygen atoms in total. The Kier molecular flexibility index (Phi) is 2.92. The van der Waals surface area contributed by atoms with E-state index in [0.29, 0.717) is 6.04 Å². The van der Waals surface area contributed by atoms with Gasteiger partial charge in [-0.25, -0.2) is 4.98 Å². The van der Waals surface area contributed by atoms with Gasteiger partial charge in [0.15, 0.2) is 0 Å². The highest BCUT2D eigenvalue weighted by molar-refractivity contribution is 5.55. The molecule has 1 aromatic heterocycles. The van der Waals surface area contributed by atoms with Gasteiger partial charge in [0.1, 0.15) is 5.82 Å². The molecule has 0 saturated carbocycles. The number of nitrogens with zero attached hydrogens (tertiary/aromatic N) is 1. The number of imidazole rings is 1. The molecule has 3 rings (SSSR count). The molecule has 0 spiro atoms. The van der Waals surface area contributed by atoms with Gasteiger partial charge in [0.05, 0.1) is 0 Å². The van der Waals surface area contributed by atoms with Crippen LogP contribution in [0.5, 0.6) is 0 Å². The summed E-state index contributed by atoms with van der Waals surface area (Å²) in [5, 5.41) is 3.57. The van der Waals surface area contributed by atoms with Gasteiger partial charge in [-0.3, -0.25) is 0 Å². The Morgan fingerprint density at radius 3 is 2.65 bits per heavy atom. The lowest BCUT2D eigenvalue weighted by Crippen LogP contribution is -2.26. The SMILES string of the molecule is c1c[nH]c(-c2ccc(C3CCCCN3)cc2)n1. The molecule has 1 fully saturated rings. The van der Waals surface area contributed by atoms with Crippen molar-refractivity contribution in [2.75, 3.05) is 6.54 Å². The molecule has 0 amide bonds. The number of nitrogens with one attached hydrogen (secondary N) is 2. The number of H-pyrrole nitrogens is 1. The highest BCUT2D eigenvalue weighted by atomic mass is 14.9. The van der Waals surface area contributed by atoms with Crippen molar-refractivity contribution in [1.29, 1.82) is 0 Å². The van der Waals surface area contributed by atoms with Crippen LogP contribution in [0.1, 0.15) is 30.9 Å². The first-order valence-corrected chi connectivity index (χ1v) is 6.26. The third-order valence-electron chi connectivity index (χ3n) is 3.40. The van der Waals surface area contributed by atoms with Gasteiger partial charge in [0.25, 0.3) is 0 Å². The Morgan fingerprint density at radius 2 is 2.00 bits per heavy atom. The van der Waals surface area contributed by atoms with Crippen molar-refractivity contribution >= 4 is 0 Å². The predicted octanol–water partition coefficient (Wildman–Crippen LogP) is 2.89. The molecular weight excluding hydrogens is 210 g/mol. The summed E-state index contributed by atoms with van der Waals surface area (Å²) >= 11 is 0. The first kappa shape index (κ1) is 10.5. The number of hydrogen-bond acceptors (Lipinski definition) is 2. The zero-order valence-electron chi connectivity index (χ0n) is 9.82. The van der Waals surface area contributed by atoms with Crippen molar-refractivity contribution in [2.24, 2.45) is 0 Å². The summed E-state index contributed by atoms with van der Waals surface area (Å²) in [6.07, 6.45) is 7.52. The monoisotopic (exact) mass is 227 g/mol. The Hall–Kier alpha value is -1.61. The minimum absolute atomic E-state index is 0.536. The number of aromatic nitrogens is 2. The smallest absolute Gasteiger partial charge is 0.137 e. The molecule has 1 aliphatic rings. The largest absolute Gasteiger partial charge is 0.345 e. The van der Waals surface area contributed by atoms with Gasteiger partial charge in [-0.05, 0) is 24.9 Å². The number of benzene rings is 1. The van der Waals surface area contributed by atoms with E-state index in [1.54, 1.807) is 6.20 Å². The summed E-state index contributed by atoms with van der Waals surface area (Å²) in [6, 6.07) is 9.24. The molecule has 1 atom stereocenters. The van der Waals surface area contributed by atoms with Crippen LogP contribution in [0, 0.1) is 0 Å². The van der Waals surface area contributed by atoms with Gasteiger partial charge in [-0.2, -0.15) is 0 Å².